The molecule has 6 heteroatoms. The van der Waals surface area contributed by atoms with Crippen LogP contribution in [0.15, 0.2) is 30.3 Å². The van der Waals surface area contributed by atoms with Crippen molar-refractivity contribution in [1.82, 2.24) is 4.90 Å². The summed E-state index contributed by atoms with van der Waals surface area (Å²) in [6.07, 6.45) is 0.0800. The van der Waals surface area contributed by atoms with Crippen LogP contribution in [0.25, 0.3) is 0 Å². The average molecular weight is 418 g/mol. The van der Waals surface area contributed by atoms with Gasteiger partial charge in [-0.15, -0.1) is 0 Å². The third kappa shape index (κ3) is 5.64. The second-order valence-corrected chi connectivity index (χ2v) is 8.47. The molecule has 0 aromatic heterocycles. The highest BCUT2D eigenvalue weighted by molar-refractivity contribution is 6.30. The monoisotopic (exact) mass is 417 g/mol. The Hall–Kier alpha value is -2.24. The van der Waals surface area contributed by atoms with Gasteiger partial charge in [-0.05, 0) is 68.1 Å². The van der Waals surface area contributed by atoms with Gasteiger partial charge in [-0.25, -0.2) is 0 Å². The van der Waals surface area contributed by atoms with E-state index in [1.54, 1.807) is 6.07 Å². The average Bonchev–Trinajstić information content (AvgIpc) is 2.55. The number of hydrogen-bond donors (Lipinski definition) is 1. The molecule has 156 valence electrons. The van der Waals surface area contributed by atoms with Gasteiger partial charge in [-0.3, -0.25) is 9.69 Å². The number of hydrogen-bond acceptors (Lipinski definition) is 4. The summed E-state index contributed by atoms with van der Waals surface area (Å²) in [5.41, 5.74) is 4.26. The Labute approximate surface area is 177 Å². The smallest absolute Gasteiger partial charge is 0.309 e. The Balaban J connectivity index is 1.64. The summed E-state index contributed by atoms with van der Waals surface area (Å²) in [4.78, 5) is 13.1. The summed E-state index contributed by atoms with van der Waals surface area (Å²) < 4.78 is 11.9. The fourth-order valence-corrected chi connectivity index (χ4v) is 3.92. The largest absolute Gasteiger partial charge is 0.491 e. The van der Waals surface area contributed by atoms with Crippen molar-refractivity contribution in [2.75, 3.05) is 13.1 Å². The lowest BCUT2D eigenvalue weighted by atomic mass is 9.98. The number of aryl methyl sites for hydroxylation is 2. The number of rotatable bonds is 8. The molecule has 0 radical (unpaired) electrons. The van der Waals surface area contributed by atoms with E-state index < -0.39 is 5.97 Å². The second-order valence-electron chi connectivity index (χ2n) is 8.04. The van der Waals surface area contributed by atoms with Crippen molar-refractivity contribution in [3.8, 4) is 11.5 Å². The normalized spacial score (nSPS) is 14.7. The molecule has 3 rings (SSSR count). The maximum absolute atomic E-state index is 11.0. The van der Waals surface area contributed by atoms with Crippen molar-refractivity contribution >= 4 is 17.6 Å². The first kappa shape index (κ1) is 21.5. The van der Waals surface area contributed by atoms with E-state index in [2.05, 4.69) is 17.0 Å². The number of carbonyl (C=O) groups is 1. The topological polar surface area (TPSA) is 59.0 Å². The second kappa shape index (κ2) is 9.06. The molecule has 2 aromatic carbocycles. The van der Waals surface area contributed by atoms with Gasteiger partial charge in [0, 0.05) is 24.7 Å². The van der Waals surface area contributed by atoms with E-state index in [9.17, 15) is 4.79 Å². The van der Waals surface area contributed by atoms with Crippen molar-refractivity contribution in [3.63, 3.8) is 0 Å². The van der Waals surface area contributed by atoms with Crippen LogP contribution in [0.2, 0.25) is 5.02 Å². The van der Waals surface area contributed by atoms with E-state index >= 15 is 0 Å². The maximum Gasteiger partial charge on any atom is 0.309 e. The van der Waals surface area contributed by atoms with Gasteiger partial charge >= 0.3 is 5.97 Å². The van der Waals surface area contributed by atoms with Crippen LogP contribution >= 0.6 is 11.6 Å². The van der Waals surface area contributed by atoms with E-state index in [0.29, 0.717) is 24.7 Å². The Bertz CT molecular complexity index is 867. The van der Waals surface area contributed by atoms with Gasteiger partial charge in [-0.2, -0.15) is 0 Å². The molecule has 1 aliphatic rings. The molecule has 0 amide bonds. The minimum Gasteiger partial charge on any atom is -0.491 e. The predicted octanol–water partition coefficient (Wildman–Crippen LogP) is 4.84. The molecule has 1 aliphatic heterocycles. The number of benzene rings is 2. The first-order valence-electron chi connectivity index (χ1n) is 9.85. The number of likely N-dealkylation sites (tertiary alicyclic amines) is 1. The van der Waals surface area contributed by atoms with Gasteiger partial charge in [0.15, 0.2) is 0 Å². The van der Waals surface area contributed by atoms with Crippen molar-refractivity contribution in [2.24, 2.45) is 5.92 Å². The van der Waals surface area contributed by atoms with Gasteiger partial charge in [-0.1, -0.05) is 23.7 Å². The molecule has 1 saturated heterocycles. The zero-order chi connectivity index (χ0) is 21.1. The van der Waals surface area contributed by atoms with Crippen LogP contribution in [-0.2, 0) is 17.9 Å². The van der Waals surface area contributed by atoms with Gasteiger partial charge in [0.1, 0.15) is 18.1 Å². The molecule has 0 unspecified atom stereocenters. The van der Waals surface area contributed by atoms with Crippen molar-refractivity contribution in [2.45, 2.75) is 47.0 Å². The first-order chi connectivity index (χ1) is 13.7. The quantitative estimate of drug-likeness (QED) is 0.666. The molecule has 5 nitrogen and oxygen atoms in total. The lowest BCUT2D eigenvalue weighted by molar-refractivity contribution is -0.147. The zero-order valence-electron chi connectivity index (χ0n) is 17.4. The molecule has 0 saturated carbocycles. The Morgan fingerprint density at radius 3 is 2.38 bits per heavy atom. The van der Waals surface area contributed by atoms with Crippen LogP contribution in [0.1, 0.15) is 36.1 Å². The zero-order valence-corrected chi connectivity index (χ0v) is 18.1. The van der Waals surface area contributed by atoms with E-state index in [-0.39, 0.29) is 12.0 Å². The number of aliphatic carboxylic acids is 1. The number of halogens is 1. The Kier molecular flexibility index (Phi) is 6.70. The standard InChI is InChI=1S/C23H28ClNO4/c1-14(2)29-21-8-18(7-20(24)9-21)13-28-22-15(3)5-17(6-16(22)4)10-25-11-19(12-25)23(26)27/h5-9,14,19H,10-13H2,1-4H3,(H,26,27). The fraction of sp³-hybridized carbons (Fsp3) is 0.435. The highest BCUT2D eigenvalue weighted by atomic mass is 35.5. The SMILES string of the molecule is Cc1cc(CN2CC(C(=O)O)C2)cc(C)c1OCc1cc(Cl)cc(OC(C)C)c1. The molecule has 0 bridgehead atoms. The molecule has 2 aromatic rings. The Morgan fingerprint density at radius 1 is 1.14 bits per heavy atom. The van der Waals surface area contributed by atoms with E-state index in [4.69, 9.17) is 26.2 Å². The van der Waals surface area contributed by atoms with Gasteiger partial charge in [0.25, 0.3) is 0 Å². The van der Waals surface area contributed by atoms with E-state index in [1.165, 1.54) is 5.56 Å². The molecule has 0 aliphatic carbocycles. The van der Waals surface area contributed by atoms with Crippen LogP contribution in [0.5, 0.6) is 11.5 Å². The molecule has 1 N–H and O–H groups in total. The predicted molar refractivity (Wildman–Crippen MR) is 114 cm³/mol. The number of nitrogens with zero attached hydrogens (tertiary/aromatic N) is 1. The van der Waals surface area contributed by atoms with E-state index in [1.807, 2.05) is 39.8 Å². The molecule has 1 heterocycles. The van der Waals surface area contributed by atoms with Crippen molar-refractivity contribution in [1.29, 1.82) is 0 Å². The molecule has 1 fully saturated rings. The summed E-state index contributed by atoms with van der Waals surface area (Å²) in [5.74, 6) is 0.665. The van der Waals surface area contributed by atoms with Gasteiger partial charge < -0.3 is 14.6 Å². The summed E-state index contributed by atoms with van der Waals surface area (Å²) in [7, 11) is 0. The van der Waals surface area contributed by atoms with Crippen LogP contribution in [-0.4, -0.2) is 35.2 Å². The lowest BCUT2D eigenvalue weighted by Crippen LogP contribution is -2.49. The highest BCUT2D eigenvalue weighted by Crippen LogP contribution is 2.29. The van der Waals surface area contributed by atoms with Crippen molar-refractivity contribution in [3.05, 3.63) is 57.6 Å². The molecular formula is C23H28ClNO4. The fourth-order valence-electron chi connectivity index (χ4n) is 3.67. The van der Waals surface area contributed by atoms with Crippen LogP contribution in [0.3, 0.4) is 0 Å². The van der Waals surface area contributed by atoms with Crippen LogP contribution < -0.4 is 9.47 Å². The summed E-state index contributed by atoms with van der Waals surface area (Å²) in [6.45, 7) is 10.4. The molecule has 0 atom stereocenters. The number of carboxylic acids is 1. The number of carboxylic acid groups (broad SMARTS) is 1. The van der Waals surface area contributed by atoms with Crippen LogP contribution in [0, 0.1) is 19.8 Å². The maximum atomic E-state index is 11.0. The third-order valence-electron chi connectivity index (χ3n) is 4.92. The minimum absolute atomic E-state index is 0.0800. The molecule has 0 spiro atoms. The van der Waals surface area contributed by atoms with Crippen LogP contribution in [0.4, 0.5) is 0 Å². The summed E-state index contributed by atoms with van der Waals surface area (Å²) >= 11 is 6.22. The van der Waals surface area contributed by atoms with Crippen molar-refractivity contribution < 1.29 is 19.4 Å². The molecular weight excluding hydrogens is 390 g/mol. The highest BCUT2D eigenvalue weighted by Gasteiger charge is 2.32. The minimum atomic E-state index is -0.708. The van der Waals surface area contributed by atoms with Gasteiger partial charge in [0.2, 0.25) is 0 Å². The lowest BCUT2D eigenvalue weighted by Gasteiger charge is -2.36. The van der Waals surface area contributed by atoms with Gasteiger partial charge in [0.05, 0.1) is 12.0 Å². The first-order valence-corrected chi connectivity index (χ1v) is 10.2. The summed E-state index contributed by atoms with van der Waals surface area (Å²) in [6, 6.07) is 9.87. The Morgan fingerprint density at radius 2 is 1.79 bits per heavy atom. The third-order valence-corrected chi connectivity index (χ3v) is 5.14. The molecule has 29 heavy (non-hydrogen) atoms. The van der Waals surface area contributed by atoms with E-state index in [0.717, 1.165) is 34.7 Å². The summed E-state index contributed by atoms with van der Waals surface area (Å²) in [5, 5.41) is 9.64. The number of ether oxygens (including phenoxy) is 2.